The molecule has 1 atom stereocenters. The zero-order chi connectivity index (χ0) is 14.8. The summed E-state index contributed by atoms with van der Waals surface area (Å²) in [7, 11) is 0. The summed E-state index contributed by atoms with van der Waals surface area (Å²) in [5.74, 6) is 0. The van der Waals surface area contributed by atoms with Crippen LogP contribution in [0, 0.1) is 6.92 Å². The van der Waals surface area contributed by atoms with Crippen molar-refractivity contribution >= 4 is 0 Å². The standard InChI is InChI=1S/C18H32N2/c1-4-6-13-20(14-7-5-2)15-12-18(19)17-11-9-8-10-16(17)3/h8-11,18H,4-7,12-15,19H2,1-3H3. The second kappa shape index (κ2) is 9.95. The molecule has 1 unspecified atom stereocenters. The van der Waals surface area contributed by atoms with Crippen LogP contribution in [0.4, 0.5) is 0 Å². The van der Waals surface area contributed by atoms with Crippen LogP contribution in [0.25, 0.3) is 0 Å². The van der Waals surface area contributed by atoms with Crippen LogP contribution in [0.15, 0.2) is 24.3 Å². The first-order valence-corrected chi connectivity index (χ1v) is 8.22. The smallest absolute Gasteiger partial charge is 0.0309 e. The second-order valence-electron chi connectivity index (χ2n) is 5.80. The zero-order valence-corrected chi connectivity index (χ0v) is 13.6. The Morgan fingerprint density at radius 3 is 2.15 bits per heavy atom. The van der Waals surface area contributed by atoms with Gasteiger partial charge in [-0.25, -0.2) is 0 Å². The Bertz CT molecular complexity index is 354. The fourth-order valence-electron chi connectivity index (χ4n) is 2.58. The van der Waals surface area contributed by atoms with E-state index in [0.717, 1.165) is 13.0 Å². The van der Waals surface area contributed by atoms with Gasteiger partial charge in [-0.15, -0.1) is 0 Å². The minimum Gasteiger partial charge on any atom is -0.324 e. The van der Waals surface area contributed by atoms with Crippen molar-refractivity contribution in [1.29, 1.82) is 0 Å². The van der Waals surface area contributed by atoms with Gasteiger partial charge in [0.1, 0.15) is 0 Å². The van der Waals surface area contributed by atoms with Gasteiger partial charge in [-0.05, 0) is 56.9 Å². The lowest BCUT2D eigenvalue weighted by Crippen LogP contribution is -2.29. The molecule has 0 aliphatic carbocycles. The molecule has 2 heteroatoms. The molecule has 1 rings (SSSR count). The Labute approximate surface area is 125 Å². The van der Waals surface area contributed by atoms with Crippen molar-refractivity contribution in [3.05, 3.63) is 35.4 Å². The number of unbranched alkanes of at least 4 members (excludes halogenated alkanes) is 2. The van der Waals surface area contributed by atoms with Crippen LogP contribution in [0.2, 0.25) is 0 Å². The predicted molar refractivity (Wildman–Crippen MR) is 89.0 cm³/mol. The van der Waals surface area contributed by atoms with Crippen molar-refractivity contribution in [1.82, 2.24) is 4.90 Å². The van der Waals surface area contributed by atoms with Crippen LogP contribution in [0.5, 0.6) is 0 Å². The zero-order valence-electron chi connectivity index (χ0n) is 13.6. The van der Waals surface area contributed by atoms with E-state index >= 15 is 0 Å². The monoisotopic (exact) mass is 276 g/mol. The molecule has 1 aromatic carbocycles. The highest BCUT2D eigenvalue weighted by atomic mass is 15.1. The largest absolute Gasteiger partial charge is 0.324 e. The number of hydrogen-bond acceptors (Lipinski definition) is 2. The Balaban J connectivity index is 2.46. The lowest BCUT2D eigenvalue weighted by molar-refractivity contribution is 0.255. The van der Waals surface area contributed by atoms with E-state index in [4.69, 9.17) is 5.73 Å². The van der Waals surface area contributed by atoms with Crippen LogP contribution in [-0.4, -0.2) is 24.5 Å². The van der Waals surface area contributed by atoms with Crippen LogP contribution in [0.1, 0.15) is 63.1 Å². The SMILES string of the molecule is CCCCN(CCCC)CCC(N)c1ccccc1C. The highest BCUT2D eigenvalue weighted by Gasteiger charge is 2.11. The number of aryl methyl sites for hydroxylation is 1. The maximum Gasteiger partial charge on any atom is 0.0309 e. The normalized spacial score (nSPS) is 12.8. The van der Waals surface area contributed by atoms with E-state index in [2.05, 4.69) is 49.9 Å². The fourth-order valence-corrected chi connectivity index (χ4v) is 2.58. The molecule has 20 heavy (non-hydrogen) atoms. The van der Waals surface area contributed by atoms with E-state index in [1.165, 1.54) is 49.9 Å². The van der Waals surface area contributed by atoms with Gasteiger partial charge in [0.05, 0.1) is 0 Å². The Morgan fingerprint density at radius 1 is 1.00 bits per heavy atom. The predicted octanol–water partition coefficient (Wildman–Crippen LogP) is 4.29. The number of hydrogen-bond donors (Lipinski definition) is 1. The molecule has 0 aliphatic heterocycles. The summed E-state index contributed by atoms with van der Waals surface area (Å²) in [6.07, 6.45) is 6.18. The van der Waals surface area contributed by atoms with E-state index < -0.39 is 0 Å². The van der Waals surface area contributed by atoms with E-state index in [1.54, 1.807) is 0 Å². The van der Waals surface area contributed by atoms with E-state index in [9.17, 15) is 0 Å². The summed E-state index contributed by atoms with van der Waals surface area (Å²) in [4.78, 5) is 2.59. The van der Waals surface area contributed by atoms with Crippen molar-refractivity contribution in [3.8, 4) is 0 Å². The average molecular weight is 276 g/mol. The maximum absolute atomic E-state index is 6.37. The molecule has 114 valence electrons. The molecule has 2 N–H and O–H groups in total. The van der Waals surface area contributed by atoms with Gasteiger partial charge in [0.15, 0.2) is 0 Å². The molecule has 1 aromatic rings. The van der Waals surface area contributed by atoms with Crippen LogP contribution in [-0.2, 0) is 0 Å². The minimum absolute atomic E-state index is 0.168. The van der Waals surface area contributed by atoms with Crippen LogP contribution < -0.4 is 5.73 Å². The second-order valence-corrected chi connectivity index (χ2v) is 5.80. The van der Waals surface area contributed by atoms with Crippen molar-refractivity contribution in [2.24, 2.45) is 5.73 Å². The summed E-state index contributed by atoms with van der Waals surface area (Å²) in [5, 5.41) is 0. The molecule has 0 aromatic heterocycles. The van der Waals surface area contributed by atoms with Crippen molar-refractivity contribution < 1.29 is 0 Å². The first-order chi connectivity index (χ1) is 9.69. The van der Waals surface area contributed by atoms with E-state index in [1.807, 2.05) is 0 Å². The fraction of sp³-hybridized carbons (Fsp3) is 0.667. The molecule has 0 heterocycles. The van der Waals surface area contributed by atoms with E-state index in [0.29, 0.717) is 0 Å². The van der Waals surface area contributed by atoms with Crippen molar-refractivity contribution in [2.45, 2.75) is 58.9 Å². The van der Waals surface area contributed by atoms with Gasteiger partial charge in [0, 0.05) is 6.04 Å². The molecule has 0 radical (unpaired) electrons. The molecule has 0 aliphatic rings. The minimum atomic E-state index is 0.168. The Hall–Kier alpha value is -0.860. The van der Waals surface area contributed by atoms with Gasteiger partial charge in [0.2, 0.25) is 0 Å². The topological polar surface area (TPSA) is 29.3 Å². The number of nitrogens with zero attached hydrogens (tertiary/aromatic N) is 1. The van der Waals surface area contributed by atoms with E-state index in [-0.39, 0.29) is 6.04 Å². The first-order valence-electron chi connectivity index (χ1n) is 8.22. The molecule has 0 spiro atoms. The van der Waals surface area contributed by atoms with Gasteiger partial charge in [-0.1, -0.05) is 51.0 Å². The molecule has 0 fully saturated rings. The maximum atomic E-state index is 6.37. The first kappa shape index (κ1) is 17.2. The lowest BCUT2D eigenvalue weighted by atomic mass is 9.99. The van der Waals surface area contributed by atoms with Crippen LogP contribution in [0.3, 0.4) is 0 Å². The summed E-state index contributed by atoms with van der Waals surface area (Å²) >= 11 is 0. The lowest BCUT2D eigenvalue weighted by Gasteiger charge is -2.24. The van der Waals surface area contributed by atoms with Crippen molar-refractivity contribution in [3.63, 3.8) is 0 Å². The third kappa shape index (κ3) is 6.06. The third-order valence-electron chi connectivity index (χ3n) is 4.00. The highest BCUT2D eigenvalue weighted by Crippen LogP contribution is 2.18. The van der Waals surface area contributed by atoms with Gasteiger partial charge in [-0.3, -0.25) is 0 Å². The van der Waals surface area contributed by atoms with Gasteiger partial charge in [-0.2, -0.15) is 0 Å². The summed E-state index contributed by atoms with van der Waals surface area (Å²) < 4.78 is 0. The van der Waals surface area contributed by atoms with Gasteiger partial charge < -0.3 is 10.6 Å². The number of benzene rings is 1. The highest BCUT2D eigenvalue weighted by molar-refractivity contribution is 5.28. The van der Waals surface area contributed by atoms with Crippen LogP contribution >= 0.6 is 0 Å². The Kier molecular flexibility index (Phi) is 8.56. The molecule has 0 saturated carbocycles. The Morgan fingerprint density at radius 2 is 1.60 bits per heavy atom. The third-order valence-corrected chi connectivity index (χ3v) is 4.00. The van der Waals surface area contributed by atoms with Crippen molar-refractivity contribution in [2.75, 3.05) is 19.6 Å². The molecule has 0 saturated heterocycles. The average Bonchev–Trinajstić information content (AvgIpc) is 2.46. The molecule has 2 nitrogen and oxygen atoms in total. The van der Waals surface area contributed by atoms with Gasteiger partial charge in [0.25, 0.3) is 0 Å². The molecular formula is C18H32N2. The number of nitrogens with two attached hydrogens (primary N) is 1. The molecular weight excluding hydrogens is 244 g/mol. The summed E-state index contributed by atoms with van der Waals surface area (Å²) in [6, 6.07) is 8.67. The molecule has 0 bridgehead atoms. The quantitative estimate of drug-likeness (QED) is 0.691. The number of rotatable bonds is 10. The molecule has 0 amide bonds. The van der Waals surface area contributed by atoms with Gasteiger partial charge >= 0.3 is 0 Å². The summed E-state index contributed by atoms with van der Waals surface area (Å²) in [6.45, 7) is 10.2. The summed E-state index contributed by atoms with van der Waals surface area (Å²) in [5.41, 5.74) is 8.99.